The summed E-state index contributed by atoms with van der Waals surface area (Å²) in [6.07, 6.45) is 11.1. The summed E-state index contributed by atoms with van der Waals surface area (Å²) in [5, 5.41) is 1.16. The van der Waals surface area contributed by atoms with Crippen LogP contribution in [0.1, 0.15) is 65.2 Å². The lowest BCUT2D eigenvalue weighted by molar-refractivity contribution is 0.0878. The average Bonchev–Trinajstić information content (AvgIpc) is 2.83. The van der Waals surface area contributed by atoms with Gasteiger partial charge < -0.3 is 4.74 Å². The largest absolute Gasteiger partial charge is 0.378 e. The van der Waals surface area contributed by atoms with Gasteiger partial charge in [0, 0.05) is 11.9 Å². The Kier molecular flexibility index (Phi) is 6.98. The van der Waals surface area contributed by atoms with Crippen molar-refractivity contribution < 1.29 is 4.74 Å². The van der Waals surface area contributed by atoms with E-state index in [0.717, 1.165) is 11.9 Å². The van der Waals surface area contributed by atoms with Gasteiger partial charge in [0.05, 0.1) is 6.10 Å². The molecule has 0 aromatic rings. The van der Waals surface area contributed by atoms with Gasteiger partial charge in [-0.25, -0.2) is 0 Å². The highest BCUT2D eigenvalue weighted by molar-refractivity contribution is 9.09. The first-order valence-corrected chi connectivity index (χ1v) is 8.06. The van der Waals surface area contributed by atoms with Crippen LogP contribution in [0.2, 0.25) is 0 Å². The Morgan fingerprint density at radius 2 is 2.12 bits per heavy atom. The summed E-state index contributed by atoms with van der Waals surface area (Å²) in [4.78, 5) is 0. The molecular weight excluding hydrogens is 264 g/mol. The molecule has 0 radical (unpaired) electrons. The number of unbranched alkanes of at least 4 members (excludes halogenated alkanes) is 1. The van der Waals surface area contributed by atoms with E-state index in [1.54, 1.807) is 0 Å². The van der Waals surface area contributed by atoms with Crippen LogP contribution in [0.25, 0.3) is 0 Å². The molecule has 0 N–H and O–H groups in total. The van der Waals surface area contributed by atoms with Crippen molar-refractivity contribution in [3.05, 3.63) is 0 Å². The number of ether oxygens (including phenoxy) is 1. The van der Waals surface area contributed by atoms with Crippen LogP contribution >= 0.6 is 15.9 Å². The van der Waals surface area contributed by atoms with E-state index in [9.17, 15) is 0 Å². The molecule has 1 fully saturated rings. The van der Waals surface area contributed by atoms with Crippen molar-refractivity contribution in [2.45, 2.75) is 71.3 Å². The lowest BCUT2D eigenvalue weighted by atomic mass is 9.77. The number of halogens is 1. The van der Waals surface area contributed by atoms with E-state index >= 15 is 0 Å². The maximum absolute atomic E-state index is 5.73. The summed E-state index contributed by atoms with van der Waals surface area (Å²) < 4.78 is 5.73. The standard InChI is InChI=1S/C14H27BrO/c1-3-5-9-14(4-2,12-15)10-8-13-7-6-11-16-13/h13H,3-12H2,1-2H3. The summed E-state index contributed by atoms with van der Waals surface area (Å²) in [6, 6.07) is 0. The zero-order valence-corrected chi connectivity index (χ0v) is 12.5. The van der Waals surface area contributed by atoms with Gasteiger partial charge in [0.25, 0.3) is 0 Å². The quantitative estimate of drug-likeness (QED) is 0.576. The van der Waals surface area contributed by atoms with E-state index in [2.05, 4.69) is 29.8 Å². The Morgan fingerprint density at radius 3 is 2.62 bits per heavy atom. The smallest absolute Gasteiger partial charge is 0.0576 e. The van der Waals surface area contributed by atoms with Gasteiger partial charge in [0.15, 0.2) is 0 Å². The second kappa shape index (κ2) is 7.71. The third-order valence-corrected chi connectivity index (χ3v) is 5.30. The fourth-order valence-corrected chi connectivity index (χ4v) is 3.55. The van der Waals surface area contributed by atoms with Crippen LogP contribution in [-0.2, 0) is 4.74 Å². The molecule has 1 aliphatic heterocycles. The van der Waals surface area contributed by atoms with Crippen LogP contribution in [0.3, 0.4) is 0 Å². The summed E-state index contributed by atoms with van der Waals surface area (Å²) >= 11 is 3.73. The van der Waals surface area contributed by atoms with Crippen molar-refractivity contribution >= 4 is 15.9 Å². The van der Waals surface area contributed by atoms with Crippen LogP contribution in [-0.4, -0.2) is 18.0 Å². The lowest BCUT2D eigenvalue weighted by Crippen LogP contribution is -2.24. The zero-order valence-electron chi connectivity index (χ0n) is 10.9. The lowest BCUT2D eigenvalue weighted by Gasteiger charge is -2.32. The van der Waals surface area contributed by atoms with Crippen molar-refractivity contribution in [1.82, 2.24) is 0 Å². The second-order valence-electron chi connectivity index (χ2n) is 5.26. The Hall–Kier alpha value is 0.440. The molecule has 1 heterocycles. The molecule has 1 rings (SSSR count). The third-order valence-electron chi connectivity index (χ3n) is 4.11. The van der Waals surface area contributed by atoms with E-state index in [1.807, 2.05) is 0 Å². The number of alkyl halides is 1. The predicted molar refractivity (Wildman–Crippen MR) is 74.3 cm³/mol. The monoisotopic (exact) mass is 290 g/mol. The minimum absolute atomic E-state index is 0.530. The fraction of sp³-hybridized carbons (Fsp3) is 1.00. The molecule has 16 heavy (non-hydrogen) atoms. The van der Waals surface area contributed by atoms with Crippen LogP contribution in [0.15, 0.2) is 0 Å². The minimum Gasteiger partial charge on any atom is -0.378 e. The van der Waals surface area contributed by atoms with Gasteiger partial charge in [-0.3, -0.25) is 0 Å². The molecule has 0 aromatic carbocycles. The molecule has 2 heteroatoms. The van der Waals surface area contributed by atoms with Crippen LogP contribution in [0.4, 0.5) is 0 Å². The molecule has 0 spiro atoms. The maximum Gasteiger partial charge on any atom is 0.0576 e. The highest BCUT2D eigenvalue weighted by Crippen LogP contribution is 2.37. The van der Waals surface area contributed by atoms with Crippen molar-refractivity contribution in [3.8, 4) is 0 Å². The minimum atomic E-state index is 0.530. The molecule has 1 aliphatic rings. The van der Waals surface area contributed by atoms with E-state index in [-0.39, 0.29) is 0 Å². The van der Waals surface area contributed by atoms with Gasteiger partial charge in [0.1, 0.15) is 0 Å². The molecule has 1 saturated heterocycles. The van der Waals surface area contributed by atoms with Crippen LogP contribution in [0, 0.1) is 5.41 Å². The molecule has 2 unspecified atom stereocenters. The van der Waals surface area contributed by atoms with Crippen LogP contribution in [0.5, 0.6) is 0 Å². The second-order valence-corrected chi connectivity index (χ2v) is 5.83. The first kappa shape index (κ1) is 14.5. The van der Waals surface area contributed by atoms with Crippen molar-refractivity contribution in [2.24, 2.45) is 5.41 Å². The van der Waals surface area contributed by atoms with Gasteiger partial charge >= 0.3 is 0 Å². The first-order chi connectivity index (χ1) is 7.76. The van der Waals surface area contributed by atoms with E-state index in [4.69, 9.17) is 4.74 Å². The maximum atomic E-state index is 5.73. The normalized spacial score (nSPS) is 24.6. The number of rotatable bonds is 8. The van der Waals surface area contributed by atoms with Crippen molar-refractivity contribution in [2.75, 3.05) is 11.9 Å². The van der Waals surface area contributed by atoms with Crippen molar-refractivity contribution in [1.29, 1.82) is 0 Å². The van der Waals surface area contributed by atoms with E-state index in [0.29, 0.717) is 11.5 Å². The highest BCUT2D eigenvalue weighted by atomic mass is 79.9. The predicted octanol–water partition coefficient (Wildman–Crippen LogP) is 4.93. The average molecular weight is 291 g/mol. The van der Waals surface area contributed by atoms with Gasteiger partial charge in [-0.1, -0.05) is 42.6 Å². The van der Waals surface area contributed by atoms with Gasteiger partial charge in [-0.05, 0) is 43.9 Å². The van der Waals surface area contributed by atoms with E-state index < -0.39 is 0 Å². The number of hydrogen-bond acceptors (Lipinski definition) is 1. The Morgan fingerprint density at radius 1 is 1.31 bits per heavy atom. The topological polar surface area (TPSA) is 9.23 Å². The van der Waals surface area contributed by atoms with E-state index in [1.165, 1.54) is 51.4 Å². The number of hydrogen-bond donors (Lipinski definition) is 0. The van der Waals surface area contributed by atoms with Crippen molar-refractivity contribution in [3.63, 3.8) is 0 Å². The Balaban J connectivity index is 2.35. The molecular formula is C14H27BrO. The van der Waals surface area contributed by atoms with Gasteiger partial charge in [0.2, 0.25) is 0 Å². The molecule has 2 atom stereocenters. The molecule has 0 amide bonds. The zero-order chi connectivity index (χ0) is 11.9. The SMILES string of the molecule is CCCCC(CC)(CBr)CCC1CCCO1. The van der Waals surface area contributed by atoms with Crippen LogP contribution < -0.4 is 0 Å². The molecule has 0 saturated carbocycles. The Bertz CT molecular complexity index is 172. The summed E-state index contributed by atoms with van der Waals surface area (Å²) in [6.45, 7) is 5.62. The molecule has 0 aliphatic carbocycles. The first-order valence-electron chi connectivity index (χ1n) is 6.94. The molecule has 0 bridgehead atoms. The van der Waals surface area contributed by atoms with Gasteiger partial charge in [-0.15, -0.1) is 0 Å². The molecule has 0 aromatic heterocycles. The van der Waals surface area contributed by atoms with Gasteiger partial charge in [-0.2, -0.15) is 0 Å². The summed E-state index contributed by atoms with van der Waals surface area (Å²) in [7, 11) is 0. The highest BCUT2D eigenvalue weighted by Gasteiger charge is 2.28. The molecule has 1 nitrogen and oxygen atoms in total. The summed E-state index contributed by atoms with van der Waals surface area (Å²) in [5.74, 6) is 0. The molecule has 96 valence electrons. The Labute approximate surface area is 109 Å². The third kappa shape index (κ3) is 4.37. The summed E-state index contributed by atoms with van der Waals surface area (Å²) in [5.41, 5.74) is 0.530. The fourth-order valence-electron chi connectivity index (χ4n) is 2.60.